The molecule has 3 rings (SSSR count). The molecule has 1 amide bonds. The molecule has 3 N–H and O–H groups in total. The highest BCUT2D eigenvalue weighted by Gasteiger charge is 2.26. The summed E-state index contributed by atoms with van der Waals surface area (Å²) >= 11 is 0. The van der Waals surface area contributed by atoms with Crippen molar-refractivity contribution < 1.29 is 14.3 Å². The molecule has 1 aromatic heterocycles. The van der Waals surface area contributed by atoms with Crippen LogP contribution in [0.3, 0.4) is 0 Å². The molecule has 2 heterocycles. The molecule has 0 radical (unpaired) electrons. The van der Waals surface area contributed by atoms with E-state index in [1.807, 2.05) is 6.92 Å². The fourth-order valence-electron chi connectivity index (χ4n) is 3.58. The lowest BCUT2D eigenvalue weighted by Gasteiger charge is -2.30. The van der Waals surface area contributed by atoms with Gasteiger partial charge < -0.3 is 15.2 Å². The number of carbonyl (C=O) groups excluding carboxylic acids is 1. The van der Waals surface area contributed by atoms with Crippen LogP contribution in [0.25, 0.3) is 0 Å². The van der Waals surface area contributed by atoms with E-state index in [1.165, 1.54) is 16.6 Å². The van der Waals surface area contributed by atoms with Gasteiger partial charge in [-0.25, -0.2) is 4.79 Å². The van der Waals surface area contributed by atoms with Crippen LogP contribution >= 0.6 is 0 Å². The minimum atomic E-state index is -0.687. The van der Waals surface area contributed by atoms with Crippen LogP contribution in [0.1, 0.15) is 23.7 Å². The number of nitrogens with one attached hydrogen (secondary N) is 1. The maximum absolute atomic E-state index is 13.5. The van der Waals surface area contributed by atoms with Crippen LogP contribution in [0.2, 0.25) is 0 Å². The van der Waals surface area contributed by atoms with Crippen LogP contribution in [-0.2, 0) is 11.3 Å². The van der Waals surface area contributed by atoms with Crippen LogP contribution in [0.15, 0.2) is 33.9 Å². The first-order valence-electron chi connectivity index (χ1n) is 10.3. The minimum absolute atomic E-state index is 0.0193. The molecule has 0 atom stereocenters. The van der Waals surface area contributed by atoms with Gasteiger partial charge in [0.15, 0.2) is 5.69 Å². The molecule has 0 spiro atoms. The molecule has 1 saturated heterocycles. The summed E-state index contributed by atoms with van der Waals surface area (Å²) in [5.74, 6) is 0.108. The maximum Gasteiger partial charge on any atom is 0.330 e. The van der Waals surface area contributed by atoms with Gasteiger partial charge >= 0.3 is 5.69 Å². The third-order valence-corrected chi connectivity index (χ3v) is 5.24. The Hall–Kier alpha value is -3.11. The number of anilines is 2. The largest absolute Gasteiger partial charge is 0.497 e. The van der Waals surface area contributed by atoms with E-state index in [9.17, 15) is 14.4 Å². The van der Waals surface area contributed by atoms with E-state index in [0.29, 0.717) is 44.0 Å². The van der Waals surface area contributed by atoms with Gasteiger partial charge in [0.25, 0.3) is 11.5 Å². The molecule has 1 aromatic carbocycles. The number of benzene rings is 1. The zero-order chi connectivity index (χ0) is 22.4. The Kier molecular flexibility index (Phi) is 7.48. The van der Waals surface area contributed by atoms with E-state index in [-0.39, 0.29) is 18.1 Å². The number of nitrogen functional groups attached to an aromatic ring is 1. The second-order valence-corrected chi connectivity index (χ2v) is 7.29. The van der Waals surface area contributed by atoms with E-state index in [0.717, 1.165) is 13.1 Å². The summed E-state index contributed by atoms with van der Waals surface area (Å²) in [5, 5.41) is 0. The molecular formula is C21H29N5O5. The SMILES string of the molecule is CCCn1c(N)c(N(CCN2CCOCC2)C(=O)c2cccc(OC)c2)c(=O)[nH]c1=O. The Labute approximate surface area is 180 Å². The van der Waals surface area contributed by atoms with Gasteiger partial charge in [-0.15, -0.1) is 0 Å². The third-order valence-electron chi connectivity index (χ3n) is 5.24. The highest BCUT2D eigenvalue weighted by molar-refractivity contribution is 6.07. The lowest BCUT2D eigenvalue weighted by molar-refractivity contribution is 0.0391. The number of hydrogen-bond acceptors (Lipinski definition) is 7. The molecule has 2 aromatic rings. The van der Waals surface area contributed by atoms with Crippen molar-refractivity contribution in [2.75, 3.05) is 57.1 Å². The molecule has 10 heteroatoms. The number of H-pyrrole nitrogens is 1. The molecule has 10 nitrogen and oxygen atoms in total. The normalized spacial score (nSPS) is 14.4. The van der Waals surface area contributed by atoms with E-state index in [2.05, 4.69) is 9.88 Å². The Bertz CT molecular complexity index is 1030. The van der Waals surface area contributed by atoms with Crippen molar-refractivity contribution >= 4 is 17.4 Å². The number of nitrogens with two attached hydrogens (primary N) is 1. The van der Waals surface area contributed by atoms with Crippen molar-refractivity contribution in [2.45, 2.75) is 19.9 Å². The predicted molar refractivity (Wildman–Crippen MR) is 118 cm³/mol. The summed E-state index contributed by atoms with van der Waals surface area (Å²) in [5.41, 5.74) is 5.30. The van der Waals surface area contributed by atoms with Gasteiger partial charge in [0.05, 0.1) is 20.3 Å². The zero-order valence-corrected chi connectivity index (χ0v) is 17.9. The van der Waals surface area contributed by atoms with Gasteiger partial charge in [-0.3, -0.25) is 28.9 Å². The molecule has 31 heavy (non-hydrogen) atoms. The summed E-state index contributed by atoms with van der Waals surface area (Å²) in [7, 11) is 1.52. The summed E-state index contributed by atoms with van der Waals surface area (Å²) in [6.45, 7) is 5.71. The van der Waals surface area contributed by atoms with Crippen LogP contribution in [-0.4, -0.2) is 66.9 Å². The second-order valence-electron chi connectivity index (χ2n) is 7.29. The molecule has 0 aliphatic carbocycles. The smallest absolute Gasteiger partial charge is 0.330 e. The van der Waals surface area contributed by atoms with E-state index < -0.39 is 17.2 Å². The molecule has 168 valence electrons. The quantitative estimate of drug-likeness (QED) is 0.624. The number of amides is 1. The number of aromatic nitrogens is 2. The Morgan fingerprint density at radius 3 is 2.68 bits per heavy atom. The van der Waals surface area contributed by atoms with Gasteiger partial charge in [0.2, 0.25) is 0 Å². The molecule has 0 saturated carbocycles. The van der Waals surface area contributed by atoms with Gasteiger partial charge in [0.1, 0.15) is 11.6 Å². The topological polar surface area (TPSA) is 123 Å². The predicted octanol–water partition coefficient (Wildman–Crippen LogP) is 0.516. The van der Waals surface area contributed by atoms with Crippen molar-refractivity contribution in [3.05, 3.63) is 50.7 Å². The number of methoxy groups -OCH3 is 1. The first-order valence-corrected chi connectivity index (χ1v) is 10.3. The zero-order valence-electron chi connectivity index (χ0n) is 17.9. The van der Waals surface area contributed by atoms with Gasteiger partial charge in [0, 0.05) is 38.3 Å². The minimum Gasteiger partial charge on any atom is -0.497 e. The average Bonchev–Trinajstić information content (AvgIpc) is 2.79. The lowest BCUT2D eigenvalue weighted by Crippen LogP contribution is -2.46. The van der Waals surface area contributed by atoms with Crippen molar-refractivity contribution in [3.8, 4) is 5.75 Å². The fourth-order valence-corrected chi connectivity index (χ4v) is 3.58. The number of hydrogen-bond donors (Lipinski definition) is 2. The summed E-state index contributed by atoms with van der Waals surface area (Å²) in [6, 6.07) is 6.70. The number of rotatable bonds is 8. The van der Waals surface area contributed by atoms with Crippen LogP contribution < -0.4 is 26.6 Å². The summed E-state index contributed by atoms with van der Waals surface area (Å²) < 4.78 is 11.9. The van der Waals surface area contributed by atoms with Crippen LogP contribution in [0, 0.1) is 0 Å². The molecule has 1 aliphatic rings. The Morgan fingerprint density at radius 2 is 2.00 bits per heavy atom. The number of aromatic amines is 1. The molecule has 1 aliphatic heterocycles. The van der Waals surface area contributed by atoms with Crippen LogP contribution in [0.5, 0.6) is 5.75 Å². The standard InChI is InChI=1S/C21H29N5O5/c1-3-7-26-18(22)17(19(27)23-21(26)29)25(9-8-24-10-12-31-13-11-24)20(28)15-5-4-6-16(14-15)30-2/h4-6,14H,3,7-13,22H2,1-2H3,(H,23,27,29). The van der Waals surface area contributed by atoms with Crippen molar-refractivity contribution in [1.82, 2.24) is 14.5 Å². The lowest BCUT2D eigenvalue weighted by atomic mass is 10.1. The number of ether oxygens (including phenoxy) is 2. The first-order chi connectivity index (χ1) is 15.0. The monoisotopic (exact) mass is 431 g/mol. The molecule has 1 fully saturated rings. The Morgan fingerprint density at radius 1 is 1.26 bits per heavy atom. The second kappa shape index (κ2) is 10.3. The fraction of sp³-hybridized carbons (Fsp3) is 0.476. The maximum atomic E-state index is 13.5. The summed E-state index contributed by atoms with van der Waals surface area (Å²) in [4.78, 5) is 44.3. The van der Waals surface area contributed by atoms with Crippen LogP contribution in [0.4, 0.5) is 11.5 Å². The van der Waals surface area contributed by atoms with E-state index in [1.54, 1.807) is 24.3 Å². The van der Waals surface area contributed by atoms with Crippen molar-refractivity contribution in [2.24, 2.45) is 0 Å². The highest BCUT2D eigenvalue weighted by atomic mass is 16.5. The number of carbonyl (C=O) groups is 1. The van der Waals surface area contributed by atoms with Gasteiger partial charge in [-0.05, 0) is 24.6 Å². The number of morpholine rings is 1. The van der Waals surface area contributed by atoms with Crippen molar-refractivity contribution in [3.63, 3.8) is 0 Å². The van der Waals surface area contributed by atoms with E-state index in [4.69, 9.17) is 15.2 Å². The molecular weight excluding hydrogens is 402 g/mol. The molecule has 0 bridgehead atoms. The van der Waals surface area contributed by atoms with Gasteiger partial charge in [-0.1, -0.05) is 13.0 Å². The average molecular weight is 431 g/mol. The number of nitrogens with zero attached hydrogens (tertiary/aromatic N) is 3. The van der Waals surface area contributed by atoms with Gasteiger partial charge in [-0.2, -0.15) is 0 Å². The van der Waals surface area contributed by atoms with Crippen molar-refractivity contribution in [1.29, 1.82) is 0 Å². The summed E-state index contributed by atoms with van der Waals surface area (Å²) in [6.07, 6.45) is 0.646. The van der Waals surface area contributed by atoms with E-state index >= 15 is 0 Å². The third kappa shape index (κ3) is 5.15. The Balaban J connectivity index is 2.03. The highest BCUT2D eigenvalue weighted by Crippen LogP contribution is 2.21. The molecule has 0 unspecified atom stereocenters. The first kappa shape index (κ1) is 22.6.